The van der Waals surface area contributed by atoms with Crippen LogP contribution in [0.2, 0.25) is 0 Å². The monoisotopic (exact) mass is 328 g/mol. The maximum absolute atomic E-state index is 13.3. The fraction of sp³-hybridized carbons (Fsp3) is 0.385. The van der Waals surface area contributed by atoms with E-state index in [1.807, 2.05) is 13.8 Å². The molecule has 0 radical (unpaired) electrons. The zero-order valence-electron chi connectivity index (χ0n) is 10.6. The number of anilines is 1. The lowest BCUT2D eigenvalue weighted by Crippen LogP contribution is -2.60. The molecule has 1 atom stereocenters. The summed E-state index contributed by atoms with van der Waals surface area (Å²) < 4.78 is 13.5. The van der Waals surface area contributed by atoms with Crippen LogP contribution in [0, 0.1) is 11.7 Å². The minimum Gasteiger partial charge on any atom is -0.345 e. The summed E-state index contributed by atoms with van der Waals surface area (Å²) in [6.07, 6.45) is 0. The van der Waals surface area contributed by atoms with Gasteiger partial charge >= 0.3 is 0 Å². The lowest BCUT2D eigenvalue weighted by atomic mass is 9.98. The number of nitrogens with one attached hydrogen (secondary N) is 1. The first-order chi connectivity index (χ1) is 8.91. The molecule has 1 fully saturated rings. The molecule has 1 aliphatic heterocycles. The summed E-state index contributed by atoms with van der Waals surface area (Å²) >= 11 is 3.09. The molecule has 1 saturated heterocycles. The van der Waals surface area contributed by atoms with Crippen molar-refractivity contribution in [2.24, 2.45) is 5.92 Å². The fourth-order valence-electron chi connectivity index (χ4n) is 2.17. The highest BCUT2D eigenvalue weighted by Crippen LogP contribution is 2.27. The molecule has 102 valence electrons. The molecule has 2 rings (SSSR count). The fourth-order valence-corrected chi connectivity index (χ4v) is 2.53. The van der Waals surface area contributed by atoms with Crippen LogP contribution in [0.15, 0.2) is 22.7 Å². The first kappa shape index (κ1) is 14.0. The van der Waals surface area contributed by atoms with Crippen molar-refractivity contribution in [3.8, 4) is 0 Å². The Morgan fingerprint density at radius 3 is 2.68 bits per heavy atom. The third-order valence-corrected chi connectivity index (χ3v) is 3.65. The number of hydrogen-bond donors (Lipinski definition) is 1. The van der Waals surface area contributed by atoms with Gasteiger partial charge in [0.15, 0.2) is 0 Å². The Hall–Kier alpha value is -1.43. The van der Waals surface area contributed by atoms with Crippen LogP contribution in [-0.2, 0) is 9.59 Å². The van der Waals surface area contributed by atoms with Gasteiger partial charge < -0.3 is 5.32 Å². The number of carbonyl (C=O) groups is 2. The van der Waals surface area contributed by atoms with Gasteiger partial charge in [-0.25, -0.2) is 4.39 Å². The quantitative estimate of drug-likeness (QED) is 0.903. The van der Waals surface area contributed by atoms with E-state index < -0.39 is 11.9 Å². The third kappa shape index (κ3) is 2.63. The summed E-state index contributed by atoms with van der Waals surface area (Å²) in [6, 6.07) is 3.72. The molecule has 1 aromatic rings. The topological polar surface area (TPSA) is 49.4 Å². The Kier molecular flexibility index (Phi) is 3.89. The van der Waals surface area contributed by atoms with Crippen LogP contribution < -0.4 is 10.2 Å². The Morgan fingerprint density at radius 2 is 2.11 bits per heavy atom. The van der Waals surface area contributed by atoms with Crippen molar-refractivity contribution in [1.29, 1.82) is 0 Å². The zero-order chi connectivity index (χ0) is 14.2. The van der Waals surface area contributed by atoms with Gasteiger partial charge in [0.2, 0.25) is 11.8 Å². The summed E-state index contributed by atoms with van der Waals surface area (Å²) in [5.41, 5.74) is 0.520. The summed E-state index contributed by atoms with van der Waals surface area (Å²) in [6.45, 7) is 3.71. The SMILES string of the molecule is CC(C)C1C(=O)NCC(=O)N1c1ccc(F)c(Br)c1. The van der Waals surface area contributed by atoms with Crippen molar-refractivity contribution in [2.75, 3.05) is 11.4 Å². The van der Waals surface area contributed by atoms with Crippen molar-refractivity contribution >= 4 is 33.4 Å². The first-order valence-corrected chi connectivity index (χ1v) is 6.76. The van der Waals surface area contributed by atoms with E-state index in [-0.39, 0.29) is 28.7 Å². The number of rotatable bonds is 2. The van der Waals surface area contributed by atoms with Gasteiger partial charge in [0.25, 0.3) is 0 Å². The third-order valence-electron chi connectivity index (χ3n) is 3.04. The van der Waals surface area contributed by atoms with Crippen molar-refractivity contribution in [1.82, 2.24) is 5.32 Å². The molecule has 1 heterocycles. The predicted molar refractivity (Wildman–Crippen MR) is 73.2 cm³/mol. The summed E-state index contributed by atoms with van der Waals surface area (Å²) in [5.74, 6) is -0.821. The largest absolute Gasteiger partial charge is 0.345 e. The number of amides is 2. The highest BCUT2D eigenvalue weighted by molar-refractivity contribution is 9.10. The number of hydrogen-bond acceptors (Lipinski definition) is 2. The van der Waals surface area contributed by atoms with Crippen molar-refractivity contribution in [2.45, 2.75) is 19.9 Å². The molecule has 4 nitrogen and oxygen atoms in total. The lowest BCUT2D eigenvalue weighted by Gasteiger charge is -2.37. The number of halogens is 2. The van der Waals surface area contributed by atoms with Gasteiger partial charge in [-0.15, -0.1) is 0 Å². The Bertz CT molecular complexity index is 533. The van der Waals surface area contributed by atoms with Gasteiger partial charge in [0.1, 0.15) is 11.9 Å². The molecule has 1 unspecified atom stereocenters. The second kappa shape index (κ2) is 5.28. The molecule has 0 aromatic heterocycles. The minimum atomic E-state index is -0.571. The molecule has 1 aliphatic rings. The van der Waals surface area contributed by atoms with Gasteiger partial charge in [-0.2, -0.15) is 0 Å². The molecule has 19 heavy (non-hydrogen) atoms. The minimum absolute atomic E-state index is 0.0307. The van der Waals surface area contributed by atoms with Crippen LogP contribution >= 0.6 is 15.9 Å². The Balaban J connectivity index is 2.45. The molecule has 0 aliphatic carbocycles. The standard InChI is InChI=1S/C13H14BrFN2O2/c1-7(2)12-13(19)16-6-11(18)17(12)8-3-4-10(15)9(14)5-8/h3-5,7,12H,6H2,1-2H3,(H,16,19). The van der Waals surface area contributed by atoms with Crippen LogP contribution in [-0.4, -0.2) is 24.4 Å². The van der Waals surface area contributed by atoms with E-state index in [0.717, 1.165) is 0 Å². The van der Waals surface area contributed by atoms with E-state index in [0.29, 0.717) is 5.69 Å². The maximum Gasteiger partial charge on any atom is 0.247 e. The smallest absolute Gasteiger partial charge is 0.247 e. The van der Waals surface area contributed by atoms with E-state index in [2.05, 4.69) is 21.2 Å². The molecule has 1 aromatic carbocycles. The molecule has 1 N–H and O–H groups in total. The number of benzene rings is 1. The second-order valence-electron chi connectivity index (χ2n) is 4.77. The first-order valence-electron chi connectivity index (χ1n) is 5.96. The predicted octanol–water partition coefficient (Wildman–Crippen LogP) is 2.08. The van der Waals surface area contributed by atoms with Crippen molar-refractivity contribution in [3.05, 3.63) is 28.5 Å². The summed E-state index contributed by atoms with van der Waals surface area (Å²) in [4.78, 5) is 25.4. The lowest BCUT2D eigenvalue weighted by molar-refractivity contribution is -0.131. The Labute approximate surface area is 119 Å². The number of carbonyl (C=O) groups excluding carboxylic acids is 2. The molecular formula is C13H14BrFN2O2. The normalized spacial score (nSPS) is 19.8. The average Bonchev–Trinajstić information content (AvgIpc) is 2.35. The molecule has 6 heteroatoms. The van der Waals surface area contributed by atoms with Crippen molar-refractivity contribution in [3.63, 3.8) is 0 Å². The van der Waals surface area contributed by atoms with E-state index in [4.69, 9.17) is 0 Å². The van der Waals surface area contributed by atoms with Crippen LogP contribution in [0.25, 0.3) is 0 Å². The van der Waals surface area contributed by atoms with E-state index >= 15 is 0 Å². The number of nitrogens with zero attached hydrogens (tertiary/aromatic N) is 1. The van der Waals surface area contributed by atoms with Gasteiger partial charge in [0.05, 0.1) is 11.0 Å². The highest BCUT2D eigenvalue weighted by atomic mass is 79.9. The molecule has 0 saturated carbocycles. The number of piperazine rings is 1. The average molecular weight is 329 g/mol. The molecule has 2 amide bonds. The molecule has 0 spiro atoms. The highest BCUT2D eigenvalue weighted by Gasteiger charge is 2.37. The molecule has 0 bridgehead atoms. The summed E-state index contributed by atoms with van der Waals surface area (Å²) in [7, 11) is 0. The van der Waals surface area contributed by atoms with Crippen LogP contribution in [0.5, 0.6) is 0 Å². The van der Waals surface area contributed by atoms with Gasteiger partial charge in [-0.1, -0.05) is 13.8 Å². The van der Waals surface area contributed by atoms with Gasteiger partial charge in [-0.05, 0) is 40.0 Å². The Morgan fingerprint density at radius 1 is 1.42 bits per heavy atom. The van der Waals surface area contributed by atoms with Crippen LogP contribution in [0.4, 0.5) is 10.1 Å². The van der Waals surface area contributed by atoms with E-state index in [1.165, 1.54) is 23.1 Å². The zero-order valence-corrected chi connectivity index (χ0v) is 12.2. The van der Waals surface area contributed by atoms with E-state index in [1.54, 1.807) is 0 Å². The summed E-state index contributed by atoms with van der Waals surface area (Å²) in [5, 5.41) is 2.57. The van der Waals surface area contributed by atoms with Crippen molar-refractivity contribution < 1.29 is 14.0 Å². The second-order valence-corrected chi connectivity index (χ2v) is 5.62. The maximum atomic E-state index is 13.3. The van der Waals surface area contributed by atoms with Gasteiger partial charge in [0, 0.05) is 5.69 Å². The molecular weight excluding hydrogens is 315 g/mol. The van der Waals surface area contributed by atoms with E-state index in [9.17, 15) is 14.0 Å². The van der Waals surface area contributed by atoms with Gasteiger partial charge in [-0.3, -0.25) is 14.5 Å². The van der Waals surface area contributed by atoms with Crippen LogP contribution in [0.3, 0.4) is 0 Å². The van der Waals surface area contributed by atoms with Crippen LogP contribution in [0.1, 0.15) is 13.8 Å².